The molecule has 0 saturated carbocycles. The highest BCUT2D eigenvalue weighted by Gasteiger charge is 2.33. The molecule has 1 fully saturated rings. The highest BCUT2D eigenvalue weighted by Crippen LogP contribution is 2.36. The van der Waals surface area contributed by atoms with Gasteiger partial charge in [0.1, 0.15) is 12.4 Å². The van der Waals surface area contributed by atoms with Crippen molar-refractivity contribution in [1.29, 1.82) is 0 Å². The van der Waals surface area contributed by atoms with Gasteiger partial charge in [-0.25, -0.2) is 0 Å². The third-order valence-corrected chi connectivity index (χ3v) is 4.99. The van der Waals surface area contributed by atoms with E-state index in [9.17, 15) is 9.90 Å². The summed E-state index contributed by atoms with van der Waals surface area (Å²) >= 11 is 0. The van der Waals surface area contributed by atoms with Gasteiger partial charge in [0.05, 0.1) is 31.1 Å². The smallest absolute Gasteiger partial charge is 0.302 e. The van der Waals surface area contributed by atoms with Crippen LogP contribution in [0.3, 0.4) is 0 Å². The van der Waals surface area contributed by atoms with E-state index < -0.39 is 12.2 Å². The van der Waals surface area contributed by atoms with Crippen LogP contribution in [0, 0.1) is 5.41 Å². The summed E-state index contributed by atoms with van der Waals surface area (Å²) < 4.78 is 9.77. The van der Waals surface area contributed by atoms with Crippen LogP contribution in [-0.4, -0.2) is 52.2 Å². The standard InChI is InChI=1S/C16H25NO3.C5H10O3.C2H6/c1-11(18)20-10-12-7-8-14(19)13(9-12)17-16(5,6)15(2,3)4;6-4-1-5(7)3-8-2-4;1-2/h7-9,17,19H,10H2,1-6H3;4-7H,1-3H2;1-2H3. The maximum absolute atomic E-state index is 10.8. The van der Waals surface area contributed by atoms with Gasteiger partial charge in [-0.3, -0.25) is 4.79 Å². The number of carbonyl (C=O) groups excluding carboxylic acids is 1. The van der Waals surface area contributed by atoms with E-state index in [1.54, 1.807) is 12.1 Å². The topological polar surface area (TPSA) is 108 Å². The van der Waals surface area contributed by atoms with Crippen LogP contribution in [0.2, 0.25) is 0 Å². The minimum absolute atomic E-state index is 0.0192. The minimum atomic E-state index is -0.459. The van der Waals surface area contributed by atoms with Crippen LogP contribution in [-0.2, 0) is 20.9 Å². The summed E-state index contributed by atoms with van der Waals surface area (Å²) in [5, 5.41) is 30.9. The van der Waals surface area contributed by atoms with Crippen LogP contribution in [0.15, 0.2) is 18.2 Å². The van der Waals surface area contributed by atoms with Gasteiger partial charge in [-0.05, 0) is 37.0 Å². The lowest BCUT2D eigenvalue weighted by molar-refractivity contribution is -0.142. The van der Waals surface area contributed by atoms with Crippen LogP contribution in [0.1, 0.15) is 67.4 Å². The van der Waals surface area contributed by atoms with Crippen LogP contribution < -0.4 is 5.32 Å². The lowest BCUT2D eigenvalue weighted by atomic mass is 9.76. The number of aliphatic hydroxyl groups excluding tert-OH is 2. The number of rotatable bonds is 4. The normalized spacial score (nSPS) is 18.9. The van der Waals surface area contributed by atoms with E-state index >= 15 is 0 Å². The zero-order chi connectivity index (χ0) is 23.5. The summed E-state index contributed by atoms with van der Waals surface area (Å²) in [6, 6.07) is 5.17. The highest BCUT2D eigenvalue weighted by atomic mass is 16.5. The Bertz CT molecular complexity index is 631. The molecule has 1 aliphatic heterocycles. The van der Waals surface area contributed by atoms with Crippen molar-refractivity contribution in [3.8, 4) is 5.75 Å². The molecule has 174 valence electrons. The molecular formula is C23H41NO6. The Kier molecular flexibility index (Phi) is 12.0. The van der Waals surface area contributed by atoms with Crippen molar-refractivity contribution in [1.82, 2.24) is 0 Å². The molecule has 1 aliphatic rings. The SMILES string of the molecule is CC.CC(=O)OCc1ccc(O)c(NC(C)(C)C(C)(C)C)c1.OC1COCC(O)C1. The molecule has 1 saturated heterocycles. The van der Waals surface area contributed by atoms with Gasteiger partial charge in [0.15, 0.2) is 0 Å². The molecule has 0 aromatic heterocycles. The Hall–Kier alpha value is -1.83. The number of carbonyl (C=O) groups is 1. The van der Waals surface area contributed by atoms with Gasteiger partial charge in [0.2, 0.25) is 0 Å². The molecule has 7 nitrogen and oxygen atoms in total. The van der Waals surface area contributed by atoms with Crippen molar-refractivity contribution >= 4 is 11.7 Å². The Labute approximate surface area is 181 Å². The predicted molar refractivity (Wildman–Crippen MR) is 120 cm³/mol. The second-order valence-electron chi connectivity index (χ2n) is 8.71. The summed E-state index contributed by atoms with van der Waals surface area (Å²) in [5.41, 5.74) is 1.30. The molecule has 4 N–H and O–H groups in total. The number of aromatic hydroxyl groups is 1. The van der Waals surface area contributed by atoms with E-state index in [2.05, 4.69) is 39.9 Å². The number of hydrogen-bond donors (Lipinski definition) is 4. The van der Waals surface area contributed by atoms with E-state index in [1.807, 2.05) is 19.9 Å². The first kappa shape index (κ1) is 28.2. The zero-order valence-corrected chi connectivity index (χ0v) is 19.8. The molecule has 0 radical (unpaired) electrons. The monoisotopic (exact) mass is 427 g/mol. The molecule has 30 heavy (non-hydrogen) atoms. The molecule has 0 aliphatic carbocycles. The largest absolute Gasteiger partial charge is 0.506 e. The molecule has 7 heteroatoms. The summed E-state index contributed by atoms with van der Waals surface area (Å²) in [5.74, 6) is -0.128. The van der Waals surface area contributed by atoms with Gasteiger partial charge in [0, 0.05) is 18.9 Å². The summed E-state index contributed by atoms with van der Waals surface area (Å²) in [6.45, 7) is 16.9. The number of aliphatic hydroxyl groups is 2. The average molecular weight is 428 g/mol. The number of esters is 1. The van der Waals surface area contributed by atoms with Crippen LogP contribution in [0.4, 0.5) is 5.69 Å². The molecule has 2 atom stereocenters. The molecule has 1 aromatic carbocycles. The van der Waals surface area contributed by atoms with Gasteiger partial charge in [-0.15, -0.1) is 0 Å². The zero-order valence-electron chi connectivity index (χ0n) is 19.8. The van der Waals surface area contributed by atoms with E-state index in [0.29, 0.717) is 25.3 Å². The first-order valence-corrected chi connectivity index (χ1v) is 10.5. The molecule has 1 aromatic rings. The lowest BCUT2D eigenvalue weighted by Crippen LogP contribution is -2.44. The molecule has 2 rings (SSSR count). The van der Waals surface area contributed by atoms with Crippen molar-refractivity contribution < 1.29 is 29.6 Å². The van der Waals surface area contributed by atoms with Gasteiger partial charge in [-0.2, -0.15) is 0 Å². The fraction of sp³-hybridized carbons (Fsp3) is 0.696. The summed E-state index contributed by atoms with van der Waals surface area (Å²) in [6.07, 6.45) is -0.461. The average Bonchev–Trinajstić information content (AvgIpc) is 2.63. The van der Waals surface area contributed by atoms with Gasteiger partial charge in [0.25, 0.3) is 0 Å². The van der Waals surface area contributed by atoms with Gasteiger partial charge >= 0.3 is 5.97 Å². The molecule has 0 spiro atoms. The quantitative estimate of drug-likeness (QED) is 0.427. The number of hydrogen-bond acceptors (Lipinski definition) is 7. The molecule has 1 heterocycles. The Morgan fingerprint density at radius 3 is 2.07 bits per heavy atom. The molecule has 0 bridgehead atoms. The first-order valence-electron chi connectivity index (χ1n) is 10.5. The van der Waals surface area contributed by atoms with E-state index in [1.165, 1.54) is 6.92 Å². The Morgan fingerprint density at radius 1 is 1.13 bits per heavy atom. The number of benzene rings is 1. The number of phenolic OH excluding ortho intramolecular Hbond substituents is 1. The maximum Gasteiger partial charge on any atom is 0.302 e. The van der Waals surface area contributed by atoms with Crippen molar-refractivity contribution in [2.75, 3.05) is 18.5 Å². The van der Waals surface area contributed by atoms with E-state index in [-0.39, 0.29) is 29.3 Å². The van der Waals surface area contributed by atoms with E-state index in [4.69, 9.17) is 19.7 Å². The minimum Gasteiger partial charge on any atom is -0.506 e. The third-order valence-electron chi connectivity index (χ3n) is 4.99. The number of ether oxygens (including phenoxy) is 2. The molecular weight excluding hydrogens is 386 g/mol. The fourth-order valence-electron chi connectivity index (χ4n) is 2.27. The molecule has 0 amide bonds. The van der Waals surface area contributed by atoms with Crippen molar-refractivity contribution in [3.05, 3.63) is 23.8 Å². The third kappa shape index (κ3) is 10.3. The molecule has 2 unspecified atom stereocenters. The number of anilines is 1. The predicted octanol–water partition coefficient (Wildman–Crippen LogP) is 3.85. The van der Waals surface area contributed by atoms with Gasteiger partial charge < -0.3 is 30.1 Å². The Morgan fingerprint density at radius 2 is 1.67 bits per heavy atom. The Balaban J connectivity index is 0.000000696. The van der Waals surface area contributed by atoms with Crippen LogP contribution in [0.5, 0.6) is 5.75 Å². The van der Waals surface area contributed by atoms with Gasteiger partial charge in [-0.1, -0.05) is 40.7 Å². The fourth-order valence-corrected chi connectivity index (χ4v) is 2.27. The van der Waals surface area contributed by atoms with Crippen LogP contribution >= 0.6 is 0 Å². The van der Waals surface area contributed by atoms with Crippen LogP contribution in [0.25, 0.3) is 0 Å². The highest BCUT2D eigenvalue weighted by molar-refractivity contribution is 5.66. The van der Waals surface area contributed by atoms with Crippen molar-refractivity contribution in [3.63, 3.8) is 0 Å². The number of phenols is 1. The second kappa shape index (κ2) is 12.8. The van der Waals surface area contributed by atoms with E-state index in [0.717, 1.165) is 5.56 Å². The first-order chi connectivity index (χ1) is 13.8. The summed E-state index contributed by atoms with van der Waals surface area (Å²) in [4.78, 5) is 10.8. The number of nitrogens with one attached hydrogen (secondary N) is 1. The lowest BCUT2D eigenvalue weighted by Gasteiger charge is -2.40. The van der Waals surface area contributed by atoms with Crippen molar-refractivity contribution in [2.24, 2.45) is 5.41 Å². The summed E-state index contributed by atoms with van der Waals surface area (Å²) in [7, 11) is 0. The van der Waals surface area contributed by atoms with Crippen molar-refractivity contribution in [2.45, 2.75) is 86.2 Å². The second-order valence-corrected chi connectivity index (χ2v) is 8.71. The maximum atomic E-state index is 10.8.